The summed E-state index contributed by atoms with van der Waals surface area (Å²) in [4.78, 5) is 30.5. The van der Waals surface area contributed by atoms with Gasteiger partial charge >= 0.3 is 0 Å². The minimum atomic E-state index is -0.541. The minimum Gasteiger partial charge on any atom is -0.353 e. The molecule has 2 N–H and O–H groups in total. The molecule has 1 saturated carbocycles. The average Bonchev–Trinajstić information content (AvgIpc) is 3.53. The molecule has 152 valence electrons. The Kier molecular flexibility index (Phi) is 5.85. The molecule has 0 unspecified atom stereocenters. The third-order valence-electron chi connectivity index (χ3n) is 5.44. The molecule has 2 aliphatic rings. The molecule has 1 aromatic heterocycles. The van der Waals surface area contributed by atoms with Crippen molar-refractivity contribution in [2.45, 2.75) is 38.3 Å². The quantitative estimate of drug-likeness (QED) is 0.787. The van der Waals surface area contributed by atoms with E-state index in [1.54, 1.807) is 0 Å². The number of benzene rings is 1. The first-order chi connectivity index (χ1) is 14.1. The number of carbonyl (C=O) groups is 2. The molecule has 2 heterocycles. The summed E-state index contributed by atoms with van der Waals surface area (Å²) in [6.45, 7) is 2.53. The summed E-state index contributed by atoms with van der Waals surface area (Å²) in [5, 5.41) is 5.90. The Bertz CT molecular complexity index is 892. The zero-order valence-corrected chi connectivity index (χ0v) is 16.2. The molecule has 0 bridgehead atoms. The van der Waals surface area contributed by atoms with E-state index < -0.39 is 11.7 Å². The number of piperidine rings is 1. The number of aromatic nitrogens is 1. The van der Waals surface area contributed by atoms with Crippen molar-refractivity contribution < 1.29 is 14.0 Å². The minimum absolute atomic E-state index is 0.123. The summed E-state index contributed by atoms with van der Waals surface area (Å²) in [5.41, 5.74) is 1.93. The first kappa shape index (κ1) is 19.5. The topological polar surface area (TPSA) is 74.3 Å². The SMILES string of the molecule is O=C(Nc1cccc(CN2CCC(C(=O)NC3CC3)CC2)c1)c1cncc(F)c1. The Labute approximate surface area is 169 Å². The van der Waals surface area contributed by atoms with Crippen molar-refractivity contribution in [3.63, 3.8) is 0 Å². The van der Waals surface area contributed by atoms with Crippen LogP contribution in [0.15, 0.2) is 42.7 Å². The van der Waals surface area contributed by atoms with Gasteiger partial charge in [0.1, 0.15) is 5.82 Å². The van der Waals surface area contributed by atoms with Gasteiger partial charge in [0.25, 0.3) is 5.91 Å². The molecule has 7 heteroatoms. The van der Waals surface area contributed by atoms with E-state index in [0.29, 0.717) is 11.7 Å². The van der Waals surface area contributed by atoms with Crippen molar-refractivity contribution >= 4 is 17.5 Å². The lowest BCUT2D eigenvalue weighted by atomic mass is 9.95. The number of hydrogen-bond donors (Lipinski definition) is 2. The molecule has 2 aromatic rings. The number of carbonyl (C=O) groups excluding carboxylic acids is 2. The molecule has 2 amide bonds. The molecule has 1 aliphatic carbocycles. The van der Waals surface area contributed by atoms with Gasteiger partial charge in [0, 0.05) is 30.4 Å². The van der Waals surface area contributed by atoms with E-state index in [9.17, 15) is 14.0 Å². The highest BCUT2D eigenvalue weighted by molar-refractivity contribution is 6.04. The maximum atomic E-state index is 13.3. The predicted molar refractivity (Wildman–Crippen MR) is 108 cm³/mol. The monoisotopic (exact) mass is 396 g/mol. The normalized spacial score (nSPS) is 17.7. The molecule has 0 spiro atoms. The molecular formula is C22H25FN4O2. The van der Waals surface area contributed by atoms with Gasteiger partial charge in [-0.05, 0) is 62.5 Å². The molecule has 1 aliphatic heterocycles. The fraction of sp³-hybridized carbons (Fsp3) is 0.409. The molecule has 0 atom stereocenters. The number of nitrogens with one attached hydrogen (secondary N) is 2. The maximum absolute atomic E-state index is 13.3. The second-order valence-electron chi connectivity index (χ2n) is 7.88. The van der Waals surface area contributed by atoms with Gasteiger partial charge in [-0.15, -0.1) is 0 Å². The zero-order valence-electron chi connectivity index (χ0n) is 16.2. The fourth-order valence-electron chi connectivity index (χ4n) is 3.64. The summed E-state index contributed by atoms with van der Waals surface area (Å²) < 4.78 is 13.3. The first-order valence-electron chi connectivity index (χ1n) is 10.1. The number of rotatable bonds is 6. The fourth-order valence-corrected chi connectivity index (χ4v) is 3.64. The smallest absolute Gasteiger partial charge is 0.257 e. The van der Waals surface area contributed by atoms with Crippen LogP contribution in [0.5, 0.6) is 0 Å². The number of pyridine rings is 1. The highest BCUT2D eigenvalue weighted by atomic mass is 19.1. The molecule has 6 nitrogen and oxygen atoms in total. The zero-order chi connectivity index (χ0) is 20.2. The van der Waals surface area contributed by atoms with Gasteiger partial charge in [-0.25, -0.2) is 4.39 Å². The molecule has 0 radical (unpaired) electrons. The van der Waals surface area contributed by atoms with Gasteiger partial charge in [0.2, 0.25) is 5.91 Å². The lowest BCUT2D eigenvalue weighted by molar-refractivity contribution is -0.126. The molecular weight excluding hydrogens is 371 g/mol. The lowest BCUT2D eigenvalue weighted by Gasteiger charge is -2.31. The van der Waals surface area contributed by atoms with Crippen LogP contribution in [0.25, 0.3) is 0 Å². The summed E-state index contributed by atoms with van der Waals surface area (Å²) in [6.07, 6.45) is 6.39. The highest BCUT2D eigenvalue weighted by Crippen LogP contribution is 2.24. The molecule has 2 fully saturated rings. The van der Waals surface area contributed by atoms with Crippen molar-refractivity contribution in [1.82, 2.24) is 15.2 Å². The van der Waals surface area contributed by atoms with E-state index in [4.69, 9.17) is 0 Å². The van der Waals surface area contributed by atoms with E-state index >= 15 is 0 Å². The number of hydrogen-bond acceptors (Lipinski definition) is 4. The van der Waals surface area contributed by atoms with Crippen LogP contribution in [0, 0.1) is 11.7 Å². The van der Waals surface area contributed by atoms with Crippen molar-refractivity contribution in [2.75, 3.05) is 18.4 Å². The van der Waals surface area contributed by atoms with Gasteiger partial charge in [0.05, 0.1) is 11.8 Å². The summed E-state index contributed by atoms with van der Waals surface area (Å²) >= 11 is 0. The average molecular weight is 396 g/mol. The van der Waals surface area contributed by atoms with Crippen LogP contribution >= 0.6 is 0 Å². The summed E-state index contributed by atoms with van der Waals surface area (Å²) in [5.74, 6) is -0.599. The number of anilines is 1. The summed E-state index contributed by atoms with van der Waals surface area (Å²) in [7, 11) is 0. The van der Waals surface area contributed by atoms with Gasteiger partial charge in [0.15, 0.2) is 0 Å². The Balaban J connectivity index is 1.30. The van der Waals surface area contributed by atoms with Crippen LogP contribution in [0.2, 0.25) is 0 Å². The van der Waals surface area contributed by atoms with E-state index in [0.717, 1.165) is 63.1 Å². The Morgan fingerprint density at radius 1 is 1.10 bits per heavy atom. The maximum Gasteiger partial charge on any atom is 0.257 e. The van der Waals surface area contributed by atoms with Gasteiger partial charge in [-0.1, -0.05) is 12.1 Å². The lowest BCUT2D eigenvalue weighted by Crippen LogP contribution is -2.40. The Morgan fingerprint density at radius 2 is 1.90 bits per heavy atom. The van der Waals surface area contributed by atoms with Crippen molar-refractivity contribution in [3.8, 4) is 0 Å². The second kappa shape index (κ2) is 8.69. The molecule has 4 rings (SSSR count). The summed E-state index contributed by atoms with van der Waals surface area (Å²) in [6, 6.07) is 9.23. The van der Waals surface area contributed by atoms with Crippen molar-refractivity contribution in [2.24, 2.45) is 5.92 Å². The van der Waals surface area contributed by atoms with Crippen LogP contribution < -0.4 is 10.6 Å². The van der Waals surface area contributed by atoms with Crippen molar-refractivity contribution in [1.29, 1.82) is 0 Å². The van der Waals surface area contributed by atoms with Gasteiger partial charge < -0.3 is 10.6 Å². The van der Waals surface area contributed by atoms with Crippen LogP contribution in [-0.2, 0) is 11.3 Å². The van der Waals surface area contributed by atoms with Crippen LogP contribution in [-0.4, -0.2) is 40.8 Å². The van der Waals surface area contributed by atoms with Gasteiger partial charge in [-0.3, -0.25) is 19.5 Å². The first-order valence-corrected chi connectivity index (χ1v) is 10.1. The van der Waals surface area contributed by atoms with Gasteiger partial charge in [-0.2, -0.15) is 0 Å². The van der Waals surface area contributed by atoms with Crippen LogP contribution in [0.1, 0.15) is 41.6 Å². The second-order valence-corrected chi connectivity index (χ2v) is 7.88. The van der Waals surface area contributed by atoms with Crippen LogP contribution in [0.4, 0.5) is 10.1 Å². The Hall–Kier alpha value is -2.80. The largest absolute Gasteiger partial charge is 0.353 e. The third-order valence-corrected chi connectivity index (χ3v) is 5.44. The van der Waals surface area contributed by atoms with E-state index in [-0.39, 0.29) is 17.4 Å². The molecule has 29 heavy (non-hydrogen) atoms. The third kappa shape index (κ3) is 5.38. The van der Waals surface area contributed by atoms with Crippen molar-refractivity contribution in [3.05, 3.63) is 59.7 Å². The van der Waals surface area contributed by atoms with Crippen LogP contribution in [0.3, 0.4) is 0 Å². The number of halogens is 1. The molecule has 1 aromatic carbocycles. The number of amides is 2. The number of likely N-dealkylation sites (tertiary alicyclic amines) is 1. The number of nitrogens with zero attached hydrogens (tertiary/aromatic N) is 2. The van der Waals surface area contributed by atoms with E-state index in [2.05, 4.69) is 20.5 Å². The predicted octanol–water partition coefficient (Wildman–Crippen LogP) is 2.96. The Morgan fingerprint density at radius 3 is 2.62 bits per heavy atom. The van der Waals surface area contributed by atoms with E-state index in [1.165, 1.54) is 6.20 Å². The highest BCUT2D eigenvalue weighted by Gasteiger charge is 2.29. The standard InChI is InChI=1S/C22H25FN4O2/c23-18-11-17(12-24-13-18)22(29)26-20-3-1-2-15(10-20)14-27-8-6-16(7-9-27)21(28)25-19-4-5-19/h1-3,10-13,16,19H,4-9,14H2,(H,25,28)(H,26,29). The van der Waals surface area contributed by atoms with E-state index in [1.807, 2.05) is 24.3 Å². The molecule has 1 saturated heterocycles.